The van der Waals surface area contributed by atoms with Gasteiger partial charge in [-0.1, -0.05) is 11.6 Å². The van der Waals surface area contributed by atoms with Gasteiger partial charge >= 0.3 is 7.60 Å². The lowest BCUT2D eigenvalue weighted by Gasteiger charge is -2.23. The monoisotopic (exact) mass is 438 g/mol. The molecule has 1 aromatic rings. The smallest absolute Gasteiger partial charge is 0.372 e. The third-order valence-electron chi connectivity index (χ3n) is 3.53. The van der Waals surface area contributed by atoms with Crippen molar-refractivity contribution in [2.45, 2.75) is 64.4 Å². The molecule has 0 saturated carbocycles. The fourth-order valence-electron chi connectivity index (χ4n) is 2.46. The van der Waals surface area contributed by atoms with Crippen LogP contribution in [0.15, 0.2) is 17.2 Å². The number of aromatic nitrogens is 3. The van der Waals surface area contributed by atoms with Gasteiger partial charge in [-0.3, -0.25) is 9.36 Å². The molecule has 4 atom stereocenters. The van der Waals surface area contributed by atoms with Crippen LogP contribution >= 0.6 is 19.2 Å². The van der Waals surface area contributed by atoms with Gasteiger partial charge in [0.2, 0.25) is 5.82 Å². The van der Waals surface area contributed by atoms with E-state index in [1.54, 1.807) is 27.7 Å². The highest BCUT2D eigenvalue weighted by Gasteiger charge is 2.45. The molecule has 11 nitrogen and oxygen atoms in total. The number of hydrogen-bond donors (Lipinski definition) is 3. The van der Waals surface area contributed by atoms with E-state index >= 15 is 0 Å². The molecule has 13 heteroatoms. The summed E-state index contributed by atoms with van der Waals surface area (Å²) in [5, 5.41) is 24.3. The van der Waals surface area contributed by atoms with Gasteiger partial charge in [-0.15, -0.1) is 5.10 Å². The van der Waals surface area contributed by atoms with Crippen molar-refractivity contribution < 1.29 is 33.4 Å². The van der Waals surface area contributed by atoms with Crippen LogP contribution in [0.3, 0.4) is 0 Å². The number of aliphatic hydroxyl groups excluding tert-OH is 2. The number of nitrogens with zero attached hydrogens (tertiary/aromatic N) is 3. The summed E-state index contributed by atoms with van der Waals surface area (Å²) in [6.45, 7) is 6.68. The molecule has 1 aliphatic heterocycles. The number of ether oxygens (including phenoxy) is 1. The molecular weight excluding hydrogens is 415 g/mol. The summed E-state index contributed by atoms with van der Waals surface area (Å²) in [5.74, 6) is -1.13. The fraction of sp³-hybridized carbons (Fsp3) is 0.667. The molecule has 1 saturated heterocycles. The summed E-state index contributed by atoms with van der Waals surface area (Å²) >= 11 is 6.19. The number of nitrogens with two attached hydrogens (primary N) is 1. The minimum absolute atomic E-state index is 0.275. The van der Waals surface area contributed by atoms with Crippen molar-refractivity contribution in [3.63, 3.8) is 0 Å². The van der Waals surface area contributed by atoms with Crippen molar-refractivity contribution in [1.82, 2.24) is 14.8 Å². The predicted octanol–water partition coefficient (Wildman–Crippen LogP) is 1.12. The van der Waals surface area contributed by atoms with Gasteiger partial charge in [0.1, 0.15) is 29.4 Å². The molecule has 1 aliphatic rings. The highest BCUT2D eigenvalue weighted by Crippen LogP contribution is 2.60. The third-order valence-corrected chi connectivity index (χ3v) is 6.35. The molecule has 1 aromatic heterocycles. The number of amides is 1. The molecular formula is C15H24ClN4O7P. The summed E-state index contributed by atoms with van der Waals surface area (Å²) in [5.41, 5.74) is 5.09. The summed E-state index contributed by atoms with van der Waals surface area (Å²) in [6, 6.07) is 0. The van der Waals surface area contributed by atoms with Gasteiger partial charge in [-0.2, -0.15) is 0 Å². The molecule has 28 heavy (non-hydrogen) atoms. The van der Waals surface area contributed by atoms with Crippen LogP contribution in [0.2, 0.25) is 0 Å². The van der Waals surface area contributed by atoms with Gasteiger partial charge in [-0.05, 0) is 33.8 Å². The van der Waals surface area contributed by atoms with E-state index in [1.807, 2.05) is 0 Å². The average molecular weight is 439 g/mol. The van der Waals surface area contributed by atoms with Gasteiger partial charge in [-0.25, -0.2) is 9.67 Å². The summed E-state index contributed by atoms with van der Waals surface area (Å²) in [4.78, 5) is 14.8. The first-order valence-corrected chi connectivity index (χ1v) is 10.4. The quantitative estimate of drug-likeness (QED) is 0.505. The molecule has 2 rings (SSSR count). The van der Waals surface area contributed by atoms with E-state index in [-0.39, 0.29) is 10.6 Å². The Morgan fingerprint density at radius 2 is 1.89 bits per heavy atom. The molecule has 0 aromatic carbocycles. The van der Waals surface area contributed by atoms with Crippen LogP contribution in [-0.4, -0.2) is 61.4 Å². The van der Waals surface area contributed by atoms with Crippen molar-refractivity contribution >= 4 is 25.1 Å². The molecule has 0 bridgehead atoms. The van der Waals surface area contributed by atoms with Crippen molar-refractivity contribution in [3.8, 4) is 0 Å². The van der Waals surface area contributed by atoms with Crippen LogP contribution in [0.5, 0.6) is 0 Å². The first kappa shape index (κ1) is 23.0. The Balaban J connectivity index is 2.25. The molecule has 0 aliphatic carbocycles. The van der Waals surface area contributed by atoms with E-state index in [4.69, 9.17) is 31.1 Å². The molecule has 1 amide bonds. The number of halogens is 1. The Kier molecular flexibility index (Phi) is 7.38. The van der Waals surface area contributed by atoms with Crippen molar-refractivity contribution in [2.24, 2.45) is 5.73 Å². The van der Waals surface area contributed by atoms with Crippen LogP contribution in [0, 0.1) is 0 Å². The summed E-state index contributed by atoms with van der Waals surface area (Å²) in [7, 11) is -3.86. The Morgan fingerprint density at radius 3 is 2.36 bits per heavy atom. The molecule has 4 N–H and O–H groups in total. The summed E-state index contributed by atoms with van der Waals surface area (Å²) in [6.07, 6.45) is -3.76. The molecule has 2 heterocycles. The zero-order chi connectivity index (χ0) is 21.2. The first-order valence-electron chi connectivity index (χ1n) is 8.52. The highest BCUT2D eigenvalue weighted by molar-refractivity contribution is 7.61. The van der Waals surface area contributed by atoms with Crippen molar-refractivity contribution in [2.75, 3.05) is 0 Å². The predicted molar refractivity (Wildman–Crippen MR) is 98.4 cm³/mol. The molecule has 0 spiro atoms. The van der Waals surface area contributed by atoms with Gasteiger partial charge in [0, 0.05) is 0 Å². The van der Waals surface area contributed by atoms with Crippen LogP contribution in [-0.2, 0) is 18.3 Å². The molecule has 158 valence electrons. The minimum atomic E-state index is -3.86. The highest BCUT2D eigenvalue weighted by atomic mass is 35.5. The van der Waals surface area contributed by atoms with Crippen LogP contribution in [0.4, 0.5) is 0 Å². The van der Waals surface area contributed by atoms with Gasteiger partial charge in [0.05, 0.1) is 12.2 Å². The second kappa shape index (κ2) is 9.00. The molecule has 0 unspecified atom stereocenters. The second-order valence-electron chi connectivity index (χ2n) is 6.68. The molecule has 0 radical (unpaired) electrons. The Hall–Kier alpha value is -1.33. The van der Waals surface area contributed by atoms with E-state index in [9.17, 15) is 19.6 Å². The Labute approximate surface area is 167 Å². The number of primary amides is 1. The van der Waals surface area contributed by atoms with E-state index in [2.05, 4.69) is 10.1 Å². The van der Waals surface area contributed by atoms with Crippen LogP contribution in [0.25, 0.3) is 0 Å². The third kappa shape index (κ3) is 5.18. The number of hydrogen-bond acceptors (Lipinski definition) is 9. The van der Waals surface area contributed by atoms with Gasteiger partial charge in [0.15, 0.2) is 6.23 Å². The SMILES string of the molecule is CC(C)OP(=O)(OC(C)C)/C(Cl)=C/[C@H]1O[C@@H](n2cnc(C(N)=O)n2)[C@H](O)[C@@H]1O. The number of aliphatic hydroxyl groups is 2. The van der Waals surface area contributed by atoms with Gasteiger partial charge in [0.25, 0.3) is 5.91 Å². The lowest BCUT2D eigenvalue weighted by Crippen LogP contribution is -2.31. The topological polar surface area (TPSA) is 159 Å². The largest absolute Gasteiger partial charge is 0.387 e. The lowest BCUT2D eigenvalue weighted by molar-refractivity contribution is -0.0347. The first-order chi connectivity index (χ1) is 12.9. The minimum Gasteiger partial charge on any atom is -0.387 e. The Bertz CT molecular complexity index is 770. The van der Waals surface area contributed by atoms with Crippen molar-refractivity contribution in [1.29, 1.82) is 0 Å². The Morgan fingerprint density at radius 1 is 1.32 bits per heavy atom. The maximum absolute atomic E-state index is 13.0. The standard InChI is InChI=1S/C15H24ClN4O7P/c1-7(2)26-28(24,27-8(3)4)10(16)5-9-11(21)12(22)15(25-9)20-6-18-14(19-20)13(17)23/h5-9,11-12,15,21-22H,1-4H3,(H2,17,23)/b10-5+/t9-,11-,12-,15-/m1/s1. The number of carbonyl (C=O) groups is 1. The number of rotatable bonds is 8. The average Bonchev–Trinajstić information content (AvgIpc) is 3.14. The maximum Gasteiger partial charge on any atom is 0.372 e. The fourth-order valence-corrected chi connectivity index (χ4v) is 4.51. The van der Waals surface area contributed by atoms with Gasteiger partial charge < -0.3 is 29.7 Å². The van der Waals surface area contributed by atoms with E-state index < -0.39 is 50.3 Å². The maximum atomic E-state index is 13.0. The van der Waals surface area contributed by atoms with Crippen molar-refractivity contribution in [3.05, 3.63) is 23.0 Å². The zero-order valence-electron chi connectivity index (χ0n) is 15.8. The lowest BCUT2D eigenvalue weighted by atomic mass is 10.1. The molecule has 1 fully saturated rings. The normalized spacial score (nSPS) is 26.4. The number of carbonyl (C=O) groups excluding carboxylic acids is 1. The van der Waals surface area contributed by atoms with Crippen LogP contribution < -0.4 is 5.73 Å². The van der Waals surface area contributed by atoms with E-state index in [0.717, 1.165) is 17.1 Å². The summed E-state index contributed by atoms with van der Waals surface area (Å²) < 4.78 is 30.1. The van der Waals surface area contributed by atoms with E-state index in [1.165, 1.54) is 0 Å². The van der Waals surface area contributed by atoms with E-state index in [0.29, 0.717) is 0 Å². The zero-order valence-corrected chi connectivity index (χ0v) is 17.4. The van der Waals surface area contributed by atoms with Crippen LogP contribution in [0.1, 0.15) is 44.5 Å². The second-order valence-corrected chi connectivity index (χ2v) is 9.25.